The van der Waals surface area contributed by atoms with Gasteiger partial charge in [-0.05, 0) is 49.9 Å². The number of anilines is 1. The second kappa shape index (κ2) is 9.69. The molecule has 2 N–H and O–H groups in total. The number of rotatable bonds is 7. The summed E-state index contributed by atoms with van der Waals surface area (Å²) in [6, 6.07) is 10.4. The Bertz CT molecular complexity index is 815. The summed E-state index contributed by atoms with van der Waals surface area (Å²) >= 11 is 11.7. The molecule has 0 fully saturated rings. The molecule has 2 amide bonds. The Labute approximate surface area is 167 Å². The molecule has 2 rings (SSSR count). The molecule has 5 nitrogen and oxygen atoms in total. The van der Waals surface area contributed by atoms with E-state index in [1.807, 2.05) is 6.92 Å². The van der Waals surface area contributed by atoms with Gasteiger partial charge in [0.15, 0.2) is 0 Å². The van der Waals surface area contributed by atoms with Gasteiger partial charge in [0.25, 0.3) is 0 Å². The molecule has 0 bridgehead atoms. The maximum absolute atomic E-state index is 13.0. The normalized spacial score (nSPS) is 11.9. The van der Waals surface area contributed by atoms with E-state index in [4.69, 9.17) is 23.2 Å². The SMILES string of the molecule is CC(NC(=O)CN(C)CC(=O)Nc1ccc(Cl)c(Cl)c1)c1ccc(F)cc1. The van der Waals surface area contributed by atoms with Crippen molar-refractivity contribution in [2.75, 3.05) is 25.5 Å². The zero-order chi connectivity index (χ0) is 20.0. The van der Waals surface area contributed by atoms with Crippen LogP contribution in [0.2, 0.25) is 10.0 Å². The molecular weight excluding hydrogens is 392 g/mol. The Morgan fingerprint density at radius 3 is 2.30 bits per heavy atom. The van der Waals surface area contributed by atoms with E-state index in [2.05, 4.69) is 10.6 Å². The van der Waals surface area contributed by atoms with Crippen molar-refractivity contribution in [2.24, 2.45) is 0 Å². The van der Waals surface area contributed by atoms with Gasteiger partial charge in [0.05, 0.1) is 29.2 Å². The molecule has 0 aliphatic rings. The van der Waals surface area contributed by atoms with Gasteiger partial charge < -0.3 is 10.6 Å². The summed E-state index contributed by atoms with van der Waals surface area (Å²) in [6.07, 6.45) is 0. The highest BCUT2D eigenvalue weighted by Gasteiger charge is 2.14. The molecule has 0 saturated carbocycles. The first-order valence-electron chi connectivity index (χ1n) is 8.23. The molecule has 1 atom stereocenters. The molecule has 1 unspecified atom stereocenters. The van der Waals surface area contributed by atoms with Gasteiger partial charge in [0.1, 0.15) is 5.82 Å². The predicted octanol–water partition coefficient (Wildman–Crippen LogP) is 3.88. The van der Waals surface area contributed by atoms with Gasteiger partial charge >= 0.3 is 0 Å². The summed E-state index contributed by atoms with van der Waals surface area (Å²) in [4.78, 5) is 25.8. The maximum Gasteiger partial charge on any atom is 0.238 e. The van der Waals surface area contributed by atoms with Crippen LogP contribution < -0.4 is 10.6 Å². The van der Waals surface area contributed by atoms with Gasteiger partial charge in [-0.25, -0.2) is 4.39 Å². The first kappa shape index (κ1) is 21.2. The van der Waals surface area contributed by atoms with Crippen LogP contribution in [0.3, 0.4) is 0 Å². The number of likely N-dealkylation sites (N-methyl/N-ethyl adjacent to an activating group) is 1. The van der Waals surface area contributed by atoms with Crippen molar-refractivity contribution in [3.05, 3.63) is 63.9 Å². The van der Waals surface area contributed by atoms with Gasteiger partial charge in [-0.2, -0.15) is 0 Å². The minimum absolute atomic E-state index is 0.0264. The third kappa shape index (κ3) is 6.82. The smallest absolute Gasteiger partial charge is 0.238 e. The molecule has 8 heteroatoms. The molecule has 0 heterocycles. The summed E-state index contributed by atoms with van der Waals surface area (Å²) in [7, 11) is 1.66. The Kier molecular flexibility index (Phi) is 7.59. The van der Waals surface area contributed by atoms with Gasteiger partial charge in [-0.15, -0.1) is 0 Å². The molecule has 0 radical (unpaired) electrons. The van der Waals surface area contributed by atoms with Gasteiger partial charge in [-0.3, -0.25) is 14.5 Å². The van der Waals surface area contributed by atoms with Crippen LogP contribution in [-0.2, 0) is 9.59 Å². The highest BCUT2D eigenvalue weighted by atomic mass is 35.5. The van der Waals surface area contributed by atoms with E-state index in [1.165, 1.54) is 12.1 Å². The number of benzene rings is 2. The third-order valence-electron chi connectivity index (χ3n) is 3.78. The number of amides is 2. The maximum atomic E-state index is 13.0. The van der Waals surface area contributed by atoms with Crippen molar-refractivity contribution in [1.29, 1.82) is 0 Å². The Morgan fingerprint density at radius 2 is 1.67 bits per heavy atom. The van der Waals surface area contributed by atoms with Crippen LogP contribution in [0.15, 0.2) is 42.5 Å². The molecule has 0 spiro atoms. The summed E-state index contributed by atoms with van der Waals surface area (Å²) in [6.45, 7) is 1.88. The van der Waals surface area contributed by atoms with Crippen LogP contribution in [0, 0.1) is 5.82 Å². The highest BCUT2D eigenvalue weighted by molar-refractivity contribution is 6.42. The molecule has 0 aliphatic heterocycles. The average Bonchev–Trinajstić information content (AvgIpc) is 2.58. The number of hydrogen-bond donors (Lipinski definition) is 2. The Hall–Kier alpha value is -2.15. The van der Waals surface area contributed by atoms with Gasteiger partial charge in [-0.1, -0.05) is 35.3 Å². The molecule has 0 saturated heterocycles. The van der Waals surface area contributed by atoms with Crippen LogP contribution in [0.5, 0.6) is 0 Å². The summed E-state index contributed by atoms with van der Waals surface area (Å²) in [5.41, 5.74) is 1.32. The highest BCUT2D eigenvalue weighted by Crippen LogP contribution is 2.24. The first-order chi connectivity index (χ1) is 12.7. The quantitative estimate of drug-likeness (QED) is 0.726. The van der Waals surface area contributed by atoms with E-state index in [1.54, 1.807) is 42.3 Å². The fraction of sp³-hybridized carbons (Fsp3) is 0.263. The Balaban J connectivity index is 1.80. The van der Waals surface area contributed by atoms with Crippen LogP contribution >= 0.6 is 23.2 Å². The lowest BCUT2D eigenvalue weighted by molar-refractivity contribution is -0.123. The fourth-order valence-electron chi connectivity index (χ4n) is 2.44. The zero-order valence-electron chi connectivity index (χ0n) is 14.9. The minimum Gasteiger partial charge on any atom is -0.348 e. The van der Waals surface area contributed by atoms with E-state index in [-0.39, 0.29) is 36.8 Å². The lowest BCUT2D eigenvalue weighted by Crippen LogP contribution is -2.39. The molecule has 144 valence electrons. The number of carbonyl (C=O) groups excluding carboxylic acids is 2. The topological polar surface area (TPSA) is 61.4 Å². The van der Waals surface area contributed by atoms with Crippen LogP contribution in [-0.4, -0.2) is 36.9 Å². The van der Waals surface area contributed by atoms with Crippen LogP contribution in [0.1, 0.15) is 18.5 Å². The molecule has 0 aliphatic carbocycles. The number of nitrogens with one attached hydrogen (secondary N) is 2. The predicted molar refractivity (Wildman–Crippen MR) is 106 cm³/mol. The van der Waals surface area contributed by atoms with Crippen molar-refractivity contribution < 1.29 is 14.0 Å². The van der Waals surface area contributed by atoms with Crippen molar-refractivity contribution >= 4 is 40.7 Å². The van der Waals surface area contributed by atoms with Crippen LogP contribution in [0.25, 0.3) is 0 Å². The monoisotopic (exact) mass is 411 g/mol. The van der Waals surface area contributed by atoms with E-state index >= 15 is 0 Å². The second-order valence-corrected chi connectivity index (χ2v) is 7.00. The number of halogens is 3. The minimum atomic E-state index is -0.329. The van der Waals surface area contributed by atoms with Crippen molar-refractivity contribution in [2.45, 2.75) is 13.0 Å². The Morgan fingerprint density at radius 1 is 1.04 bits per heavy atom. The number of hydrogen-bond acceptors (Lipinski definition) is 3. The molecule has 2 aromatic rings. The summed E-state index contributed by atoms with van der Waals surface area (Å²) in [5.74, 6) is -0.850. The molecule has 0 aromatic heterocycles. The van der Waals surface area contributed by atoms with Gasteiger partial charge in [0.2, 0.25) is 11.8 Å². The standard InChI is InChI=1S/C19H20Cl2FN3O2/c1-12(13-3-5-14(22)6-4-13)23-18(26)10-25(2)11-19(27)24-15-7-8-16(20)17(21)9-15/h3-9,12H,10-11H2,1-2H3,(H,23,26)(H,24,27). The number of nitrogens with zero attached hydrogens (tertiary/aromatic N) is 1. The molecular formula is C19H20Cl2FN3O2. The molecule has 27 heavy (non-hydrogen) atoms. The molecule has 2 aromatic carbocycles. The average molecular weight is 412 g/mol. The van der Waals surface area contributed by atoms with Crippen molar-refractivity contribution in [3.63, 3.8) is 0 Å². The largest absolute Gasteiger partial charge is 0.348 e. The van der Waals surface area contributed by atoms with E-state index in [0.29, 0.717) is 15.7 Å². The summed E-state index contributed by atoms with van der Waals surface area (Å²) in [5, 5.41) is 6.26. The first-order valence-corrected chi connectivity index (χ1v) is 8.98. The zero-order valence-corrected chi connectivity index (χ0v) is 16.4. The van der Waals surface area contributed by atoms with Gasteiger partial charge in [0, 0.05) is 5.69 Å². The summed E-state index contributed by atoms with van der Waals surface area (Å²) < 4.78 is 13.0. The lowest BCUT2D eigenvalue weighted by atomic mass is 10.1. The number of carbonyl (C=O) groups is 2. The van der Waals surface area contributed by atoms with E-state index in [0.717, 1.165) is 5.56 Å². The third-order valence-corrected chi connectivity index (χ3v) is 4.52. The lowest BCUT2D eigenvalue weighted by Gasteiger charge is -2.19. The fourth-order valence-corrected chi connectivity index (χ4v) is 2.74. The second-order valence-electron chi connectivity index (χ2n) is 6.19. The van der Waals surface area contributed by atoms with Crippen molar-refractivity contribution in [3.8, 4) is 0 Å². The van der Waals surface area contributed by atoms with Crippen molar-refractivity contribution in [1.82, 2.24) is 10.2 Å². The van der Waals surface area contributed by atoms with Crippen LogP contribution in [0.4, 0.5) is 10.1 Å². The van der Waals surface area contributed by atoms with E-state index in [9.17, 15) is 14.0 Å². The van der Waals surface area contributed by atoms with E-state index < -0.39 is 0 Å².